The zero-order valence-electron chi connectivity index (χ0n) is 10.9. The van der Waals surface area contributed by atoms with Crippen LogP contribution in [0.2, 0.25) is 0 Å². The molecule has 18 heavy (non-hydrogen) atoms. The normalized spacial score (nSPS) is 17.4. The molecule has 5 heteroatoms. The number of carbonyl (C=O) groups excluding carboxylic acids is 1. The van der Waals surface area contributed by atoms with E-state index in [0.29, 0.717) is 11.6 Å². The number of aromatic amines is 1. The smallest absolute Gasteiger partial charge is 0.270 e. The van der Waals surface area contributed by atoms with Crippen molar-refractivity contribution in [3.05, 3.63) is 22.4 Å². The molecular weight excluding hydrogens is 294 g/mol. The van der Waals surface area contributed by atoms with E-state index in [0.717, 1.165) is 37.2 Å². The second kappa shape index (κ2) is 5.89. The number of rotatable bonds is 3. The molecule has 1 saturated heterocycles. The number of H-pyrrole nitrogens is 1. The molecule has 0 bridgehead atoms. The first-order valence-corrected chi connectivity index (χ1v) is 7.21. The Hall–Kier alpha value is -0.810. The Morgan fingerprint density at radius 2 is 2.06 bits per heavy atom. The van der Waals surface area contributed by atoms with Crippen molar-refractivity contribution in [2.75, 3.05) is 32.7 Å². The Labute approximate surface area is 116 Å². The van der Waals surface area contributed by atoms with Crippen LogP contribution in [0.25, 0.3) is 0 Å². The van der Waals surface area contributed by atoms with Gasteiger partial charge in [-0.1, -0.05) is 13.8 Å². The average Bonchev–Trinajstić information content (AvgIpc) is 2.75. The van der Waals surface area contributed by atoms with Gasteiger partial charge in [-0.15, -0.1) is 0 Å². The standard InChI is InChI=1S/C13H20BrN3O/c1-10(2)9-16-3-5-17(6-4-16)13(18)12-7-11(14)8-15-12/h7-8,10,15H,3-6,9H2,1-2H3. The summed E-state index contributed by atoms with van der Waals surface area (Å²) in [6.07, 6.45) is 1.79. The van der Waals surface area contributed by atoms with Crippen molar-refractivity contribution in [2.45, 2.75) is 13.8 Å². The van der Waals surface area contributed by atoms with Crippen molar-refractivity contribution >= 4 is 21.8 Å². The first kappa shape index (κ1) is 13.6. The first-order valence-electron chi connectivity index (χ1n) is 6.42. The Kier molecular flexibility index (Phi) is 4.45. The van der Waals surface area contributed by atoms with E-state index in [1.807, 2.05) is 11.0 Å². The van der Waals surface area contributed by atoms with Gasteiger partial charge in [0.1, 0.15) is 5.69 Å². The predicted octanol–water partition coefficient (Wildman–Crippen LogP) is 2.19. The maximum Gasteiger partial charge on any atom is 0.270 e. The maximum absolute atomic E-state index is 12.2. The number of nitrogens with zero attached hydrogens (tertiary/aromatic N) is 2. The van der Waals surface area contributed by atoms with Crippen LogP contribution in [0.15, 0.2) is 16.7 Å². The third-order valence-electron chi connectivity index (χ3n) is 3.16. The van der Waals surface area contributed by atoms with Gasteiger partial charge in [-0.05, 0) is 27.9 Å². The molecule has 0 radical (unpaired) electrons. The highest BCUT2D eigenvalue weighted by Gasteiger charge is 2.23. The van der Waals surface area contributed by atoms with Crippen LogP contribution in [-0.4, -0.2) is 53.4 Å². The number of hydrogen-bond acceptors (Lipinski definition) is 2. The number of nitrogens with one attached hydrogen (secondary N) is 1. The molecule has 0 aliphatic carbocycles. The van der Waals surface area contributed by atoms with Gasteiger partial charge in [0, 0.05) is 43.4 Å². The molecule has 0 aromatic carbocycles. The molecule has 100 valence electrons. The van der Waals surface area contributed by atoms with Crippen LogP contribution in [0.3, 0.4) is 0 Å². The molecular formula is C13H20BrN3O. The highest BCUT2D eigenvalue weighted by Crippen LogP contribution is 2.14. The molecule has 0 saturated carbocycles. The maximum atomic E-state index is 12.2. The topological polar surface area (TPSA) is 39.3 Å². The Bertz CT molecular complexity index is 408. The lowest BCUT2D eigenvalue weighted by Crippen LogP contribution is -2.49. The van der Waals surface area contributed by atoms with Crippen LogP contribution in [0.5, 0.6) is 0 Å². The monoisotopic (exact) mass is 313 g/mol. The molecule has 1 aliphatic heterocycles. The summed E-state index contributed by atoms with van der Waals surface area (Å²) in [4.78, 5) is 19.5. The van der Waals surface area contributed by atoms with Crippen LogP contribution in [0.4, 0.5) is 0 Å². The van der Waals surface area contributed by atoms with Gasteiger partial charge in [-0.2, -0.15) is 0 Å². The molecule has 1 aromatic heterocycles. The SMILES string of the molecule is CC(C)CN1CCN(C(=O)c2cc(Br)c[nH]2)CC1. The van der Waals surface area contributed by atoms with Gasteiger partial charge in [-0.3, -0.25) is 9.69 Å². The van der Waals surface area contributed by atoms with Crippen LogP contribution in [0, 0.1) is 5.92 Å². The van der Waals surface area contributed by atoms with Crippen molar-refractivity contribution in [3.8, 4) is 0 Å². The quantitative estimate of drug-likeness (QED) is 0.929. The average molecular weight is 314 g/mol. The second-order valence-electron chi connectivity index (χ2n) is 5.22. The number of piperazine rings is 1. The molecule has 0 unspecified atom stereocenters. The van der Waals surface area contributed by atoms with Crippen molar-refractivity contribution in [3.63, 3.8) is 0 Å². The summed E-state index contributed by atoms with van der Waals surface area (Å²) in [5, 5.41) is 0. The molecule has 1 N–H and O–H groups in total. The zero-order chi connectivity index (χ0) is 13.1. The minimum absolute atomic E-state index is 0.102. The first-order chi connectivity index (χ1) is 8.56. The Morgan fingerprint density at radius 3 is 2.56 bits per heavy atom. The van der Waals surface area contributed by atoms with Gasteiger partial charge in [-0.25, -0.2) is 0 Å². The number of carbonyl (C=O) groups is 1. The van der Waals surface area contributed by atoms with E-state index in [2.05, 4.69) is 39.7 Å². The van der Waals surface area contributed by atoms with Gasteiger partial charge < -0.3 is 9.88 Å². The Balaban J connectivity index is 1.88. The van der Waals surface area contributed by atoms with Crippen molar-refractivity contribution < 1.29 is 4.79 Å². The number of halogens is 1. The Morgan fingerprint density at radius 1 is 1.39 bits per heavy atom. The summed E-state index contributed by atoms with van der Waals surface area (Å²) in [6.45, 7) is 9.18. The van der Waals surface area contributed by atoms with Gasteiger partial charge in [0.2, 0.25) is 0 Å². The largest absolute Gasteiger partial charge is 0.356 e. The van der Waals surface area contributed by atoms with Crippen LogP contribution in [0.1, 0.15) is 24.3 Å². The fraction of sp³-hybridized carbons (Fsp3) is 0.615. The van der Waals surface area contributed by atoms with Gasteiger partial charge in [0.05, 0.1) is 0 Å². The summed E-state index contributed by atoms with van der Waals surface area (Å²) < 4.78 is 0.921. The highest BCUT2D eigenvalue weighted by atomic mass is 79.9. The summed E-state index contributed by atoms with van der Waals surface area (Å²) in [7, 11) is 0. The minimum Gasteiger partial charge on any atom is -0.356 e. The number of hydrogen-bond donors (Lipinski definition) is 1. The lowest BCUT2D eigenvalue weighted by molar-refractivity contribution is 0.0619. The predicted molar refractivity (Wildman–Crippen MR) is 75.7 cm³/mol. The number of aromatic nitrogens is 1. The number of amides is 1. The fourth-order valence-electron chi connectivity index (χ4n) is 2.31. The molecule has 1 amide bonds. The minimum atomic E-state index is 0.102. The molecule has 0 atom stereocenters. The third kappa shape index (κ3) is 3.36. The van der Waals surface area contributed by atoms with E-state index in [9.17, 15) is 4.79 Å². The summed E-state index contributed by atoms with van der Waals surface area (Å²) in [5.41, 5.74) is 0.666. The molecule has 2 heterocycles. The zero-order valence-corrected chi connectivity index (χ0v) is 12.5. The molecule has 4 nitrogen and oxygen atoms in total. The van der Waals surface area contributed by atoms with Crippen molar-refractivity contribution in [2.24, 2.45) is 5.92 Å². The fourth-order valence-corrected chi connectivity index (χ4v) is 2.66. The van der Waals surface area contributed by atoms with Gasteiger partial charge in [0.15, 0.2) is 0 Å². The molecule has 1 fully saturated rings. The summed E-state index contributed by atoms with van der Waals surface area (Å²) in [6, 6.07) is 1.84. The van der Waals surface area contributed by atoms with E-state index >= 15 is 0 Å². The summed E-state index contributed by atoms with van der Waals surface area (Å²) in [5.74, 6) is 0.788. The van der Waals surface area contributed by atoms with E-state index in [4.69, 9.17) is 0 Å². The van der Waals surface area contributed by atoms with Gasteiger partial charge in [0.25, 0.3) is 5.91 Å². The van der Waals surface area contributed by atoms with Crippen molar-refractivity contribution in [1.29, 1.82) is 0 Å². The summed E-state index contributed by atoms with van der Waals surface area (Å²) >= 11 is 3.35. The third-order valence-corrected chi connectivity index (χ3v) is 3.62. The van der Waals surface area contributed by atoms with Crippen LogP contribution in [-0.2, 0) is 0 Å². The van der Waals surface area contributed by atoms with E-state index in [-0.39, 0.29) is 5.91 Å². The molecule has 2 rings (SSSR count). The molecule has 1 aromatic rings. The van der Waals surface area contributed by atoms with Crippen LogP contribution >= 0.6 is 15.9 Å². The lowest BCUT2D eigenvalue weighted by Gasteiger charge is -2.35. The van der Waals surface area contributed by atoms with Crippen molar-refractivity contribution in [1.82, 2.24) is 14.8 Å². The van der Waals surface area contributed by atoms with Crippen LogP contribution < -0.4 is 0 Å². The second-order valence-corrected chi connectivity index (χ2v) is 6.13. The molecule has 0 spiro atoms. The molecule has 1 aliphatic rings. The highest BCUT2D eigenvalue weighted by molar-refractivity contribution is 9.10. The lowest BCUT2D eigenvalue weighted by atomic mass is 10.2. The van der Waals surface area contributed by atoms with Gasteiger partial charge >= 0.3 is 0 Å². The van der Waals surface area contributed by atoms with E-state index in [1.54, 1.807) is 6.20 Å². The van der Waals surface area contributed by atoms with E-state index < -0.39 is 0 Å². The van der Waals surface area contributed by atoms with E-state index in [1.165, 1.54) is 0 Å².